The smallest absolute Gasteiger partial charge is 0.128 e. The molecule has 7 aromatic rings. The normalized spacial score (nSPS) is 11.7. The molecule has 2 N–H and O–H groups in total. The first-order valence-corrected chi connectivity index (χ1v) is 14.9. The van der Waals surface area contributed by atoms with Crippen molar-refractivity contribution in [2.75, 3.05) is 26.4 Å². The first-order chi connectivity index (χ1) is 19.7. The van der Waals surface area contributed by atoms with Crippen LogP contribution in [0.15, 0.2) is 97.1 Å². The molecule has 0 amide bonds. The molecule has 0 spiro atoms. The van der Waals surface area contributed by atoms with Crippen LogP contribution >= 0.6 is 22.7 Å². The molecule has 0 radical (unpaired) electrons. The summed E-state index contributed by atoms with van der Waals surface area (Å²) in [7, 11) is 0. The van der Waals surface area contributed by atoms with E-state index in [4.69, 9.17) is 9.47 Å². The van der Waals surface area contributed by atoms with Crippen molar-refractivity contribution in [2.24, 2.45) is 0 Å². The van der Waals surface area contributed by atoms with Crippen molar-refractivity contribution in [1.82, 2.24) is 0 Å². The lowest BCUT2D eigenvalue weighted by molar-refractivity contribution is 0.199. The zero-order chi connectivity index (χ0) is 27.1. The second-order valence-electron chi connectivity index (χ2n) is 9.61. The molecule has 2 heterocycles. The van der Waals surface area contributed by atoms with Gasteiger partial charge in [-0.25, -0.2) is 0 Å². The molecule has 6 heteroatoms. The van der Waals surface area contributed by atoms with Crippen LogP contribution in [-0.2, 0) is 0 Å². The molecule has 0 atom stereocenters. The number of hydrogen-bond acceptors (Lipinski definition) is 6. The minimum absolute atomic E-state index is 0.0847. The van der Waals surface area contributed by atoms with Gasteiger partial charge < -0.3 is 19.7 Å². The Morgan fingerprint density at radius 1 is 0.475 bits per heavy atom. The van der Waals surface area contributed by atoms with Crippen molar-refractivity contribution >= 4 is 63.0 Å². The number of fused-ring (bicyclic) bond motifs is 6. The summed E-state index contributed by atoms with van der Waals surface area (Å²) in [5, 5.41) is 24.0. The van der Waals surface area contributed by atoms with E-state index in [9.17, 15) is 10.2 Å². The van der Waals surface area contributed by atoms with Crippen molar-refractivity contribution in [3.63, 3.8) is 0 Å². The molecular weight excluding hydrogens is 537 g/mol. The number of hydrogen-bond donors (Lipinski definition) is 2. The number of benzene rings is 5. The monoisotopic (exact) mass is 562 g/mol. The molecule has 0 fully saturated rings. The Kier molecular flexibility index (Phi) is 6.61. The van der Waals surface area contributed by atoms with Gasteiger partial charge in [0.15, 0.2) is 0 Å². The molecule has 5 aromatic carbocycles. The summed E-state index contributed by atoms with van der Waals surface area (Å²) in [6.45, 7) is 0.194. The standard InChI is InChI=1S/C34H26O4S2/c35-13-15-37-29-20-26(22-10-12-34-28(18-22)24-6-2-4-8-32(24)40-34)30(38-16-14-36)19-25(29)21-9-11-33-27(17-21)23-5-1-3-7-31(23)39-33/h1-12,17-20,35-36H,13-16H2. The lowest BCUT2D eigenvalue weighted by Crippen LogP contribution is -2.06. The van der Waals surface area contributed by atoms with Gasteiger partial charge in [0.2, 0.25) is 0 Å². The van der Waals surface area contributed by atoms with E-state index < -0.39 is 0 Å². The molecule has 0 bridgehead atoms. The predicted octanol–water partition coefficient (Wildman–Crippen LogP) is 8.50. The first-order valence-electron chi connectivity index (χ1n) is 13.2. The molecular formula is C34H26O4S2. The number of thiophene rings is 2. The topological polar surface area (TPSA) is 58.9 Å². The summed E-state index contributed by atoms with van der Waals surface area (Å²) in [5.41, 5.74) is 3.76. The Morgan fingerprint density at radius 2 is 0.900 bits per heavy atom. The molecule has 0 aliphatic carbocycles. The fraction of sp³-hybridized carbons (Fsp3) is 0.118. The van der Waals surface area contributed by atoms with Crippen molar-refractivity contribution in [3.05, 3.63) is 97.1 Å². The van der Waals surface area contributed by atoms with E-state index in [1.807, 2.05) is 12.1 Å². The summed E-state index contributed by atoms with van der Waals surface area (Å²) < 4.78 is 17.2. The van der Waals surface area contributed by atoms with Crippen molar-refractivity contribution in [2.45, 2.75) is 0 Å². The highest BCUT2D eigenvalue weighted by Gasteiger charge is 2.18. The largest absolute Gasteiger partial charge is 0.491 e. The second kappa shape index (κ2) is 10.6. The van der Waals surface area contributed by atoms with E-state index in [2.05, 4.69) is 84.9 Å². The minimum Gasteiger partial charge on any atom is -0.491 e. The van der Waals surface area contributed by atoms with E-state index in [-0.39, 0.29) is 26.4 Å². The maximum absolute atomic E-state index is 9.60. The van der Waals surface area contributed by atoms with Gasteiger partial charge in [-0.05, 0) is 59.7 Å². The molecule has 0 saturated carbocycles. The van der Waals surface area contributed by atoms with Gasteiger partial charge in [-0.2, -0.15) is 0 Å². The molecule has 7 rings (SSSR count). The summed E-state index contributed by atoms with van der Waals surface area (Å²) >= 11 is 3.57. The van der Waals surface area contributed by atoms with Gasteiger partial charge in [-0.15, -0.1) is 22.7 Å². The Bertz CT molecular complexity index is 1860. The second-order valence-corrected chi connectivity index (χ2v) is 11.8. The lowest BCUT2D eigenvalue weighted by Gasteiger charge is -2.18. The molecule has 0 saturated heterocycles. The summed E-state index contributed by atoms with van der Waals surface area (Å²) in [6.07, 6.45) is 0. The van der Waals surface area contributed by atoms with Gasteiger partial charge in [0.25, 0.3) is 0 Å². The van der Waals surface area contributed by atoms with E-state index in [1.54, 1.807) is 22.7 Å². The molecule has 40 heavy (non-hydrogen) atoms. The zero-order valence-corrected chi connectivity index (χ0v) is 23.2. The highest BCUT2D eigenvalue weighted by atomic mass is 32.1. The van der Waals surface area contributed by atoms with E-state index in [0.717, 1.165) is 22.3 Å². The highest BCUT2D eigenvalue weighted by molar-refractivity contribution is 7.26. The Hall–Kier alpha value is -3.94. The number of rotatable bonds is 8. The van der Waals surface area contributed by atoms with Crippen LogP contribution in [0.3, 0.4) is 0 Å². The van der Waals surface area contributed by atoms with Crippen LogP contribution < -0.4 is 9.47 Å². The Balaban J connectivity index is 1.42. The molecule has 0 aliphatic heterocycles. The first kappa shape index (κ1) is 25.1. The van der Waals surface area contributed by atoms with Crippen LogP contribution in [0.5, 0.6) is 11.5 Å². The molecule has 0 aliphatic rings. The van der Waals surface area contributed by atoms with Gasteiger partial charge >= 0.3 is 0 Å². The van der Waals surface area contributed by atoms with Crippen LogP contribution in [0.25, 0.3) is 62.6 Å². The maximum Gasteiger partial charge on any atom is 0.128 e. The third-order valence-corrected chi connectivity index (χ3v) is 9.46. The average Bonchev–Trinajstić information content (AvgIpc) is 3.56. The minimum atomic E-state index is -0.0847. The number of ether oxygens (including phenoxy) is 2. The van der Waals surface area contributed by atoms with Crippen LogP contribution in [0.1, 0.15) is 0 Å². The molecule has 2 aromatic heterocycles. The molecule has 4 nitrogen and oxygen atoms in total. The maximum atomic E-state index is 9.60. The van der Waals surface area contributed by atoms with Crippen molar-refractivity contribution in [3.8, 4) is 33.8 Å². The zero-order valence-electron chi connectivity index (χ0n) is 21.6. The van der Waals surface area contributed by atoms with Crippen LogP contribution in [-0.4, -0.2) is 36.6 Å². The molecule has 0 unspecified atom stereocenters. The van der Waals surface area contributed by atoms with Gasteiger partial charge in [-0.3, -0.25) is 0 Å². The summed E-state index contributed by atoms with van der Waals surface area (Å²) in [5.74, 6) is 1.35. The van der Waals surface area contributed by atoms with E-state index in [1.165, 1.54) is 40.3 Å². The SMILES string of the molecule is OCCOc1cc(-c2ccc3sc4ccccc4c3c2)c(OCCO)cc1-c1ccc2sc3ccccc3c2c1. The lowest BCUT2D eigenvalue weighted by atomic mass is 9.96. The van der Waals surface area contributed by atoms with Crippen LogP contribution in [0, 0.1) is 0 Å². The summed E-state index contributed by atoms with van der Waals surface area (Å²) in [6, 6.07) is 33.8. The quantitative estimate of drug-likeness (QED) is 0.195. The van der Waals surface area contributed by atoms with E-state index in [0.29, 0.717) is 11.5 Å². The molecule has 198 valence electrons. The highest BCUT2D eigenvalue weighted by Crippen LogP contribution is 2.45. The fourth-order valence-corrected chi connectivity index (χ4v) is 7.52. The van der Waals surface area contributed by atoms with Crippen LogP contribution in [0.4, 0.5) is 0 Å². The van der Waals surface area contributed by atoms with Gasteiger partial charge in [0.1, 0.15) is 24.7 Å². The van der Waals surface area contributed by atoms with Crippen molar-refractivity contribution < 1.29 is 19.7 Å². The van der Waals surface area contributed by atoms with Crippen LogP contribution in [0.2, 0.25) is 0 Å². The fourth-order valence-electron chi connectivity index (χ4n) is 5.35. The van der Waals surface area contributed by atoms with E-state index >= 15 is 0 Å². The Morgan fingerprint density at radius 3 is 1.35 bits per heavy atom. The number of aliphatic hydroxyl groups excluding tert-OH is 2. The van der Waals surface area contributed by atoms with Gasteiger partial charge in [-0.1, -0.05) is 48.5 Å². The third-order valence-electron chi connectivity index (χ3n) is 7.15. The number of aliphatic hydroxyl groups is 2. The average molecular weight is 563 g/mol. The predicted molar refractivity (Wildman–Crippen MR) is 168 cm³/mol. The van der Waals surface area contributed by atoms with Gasteiger partial charge in [0.05, 0.1) is 13.2 Å². The summed E-state index contributed by atoms with van der Waals surface area (Å²) in [4.78, 5) is 0. The third kappa shape index (κ3) is 4.39. The van der Waals surface area contributed by atoms with Gasteiger partial charge in [0, 0.05) is 51.5 Å². The van der Waals surface area contributed by atoms with Crippen molar-refractivity contribution in [1.29, 1.82) is 0 Å². The Labute approximate surface area is 239 Å².